The van der Waals surface area contributed by atoms with Crippen molar-refractivity contribution in [3.8, 4) is 34.1 Å². The molecule has 3 N–H and O–H groups in total. The fourth-order valence-electron chi connectivity index (χ4n) is 6.52. The van der Waals surface area contributed by atoms with Gasteiger partial charge in [0.05, 0.1) is 39.0 Å². The second-order valence-corrected chi connectivity index (χ2v) is 17.5. The summed E-state index contributed by atoms with van der Waals surface area (Å²) in [6.07, 6.45) is -3.06. The van der Waals surface area contributed by atoms with Crippen LogP contribution in [0.1, 0.15) is 37.2 Å². The molecular formula is C39H44F3N9O6S2. The minimum absolute atomic E-state index is 0.138. The number of rotatable bonds is 10. The van der Waals surface area contributed by atoms with Crippen molar-refractivity contribution in [1.82, 2.24) is 38.7 Å². The van der Waals surface area contributed by atoms with Gasteiger partial charge in [0, 0.05) is 38.8 Å². The Hall–Kier alpha value is -5.41. The SMILES string of the molecule is CCCc1nn(C)c2c(=O)[nH]c(-c3cc(S(=O)(=O)N4CCN(C)CC4)ccc3OCC)nc12.Cc1ccc(-c2cc(C(F)(F)F)nn2-c2ccc(S(N)(=O)=O)cc2)cc1. The quantitative estimate of drug-likeness (QED) is 0.187. The highest BCUT2D eigenvalue weighted by Crippen LogP contribution is 2.34. The van der Waals surface area contributed by atoms with E-state index in [1.807, 2.05) is 27.8 Å². The van der Waals surface area contributed by atoms with Gasteiger partial charge >= 0.3 is 6.18 Å². The molecule has 4 heterocycles. The van der Waals surface area contributed by atoms with Crippen molar-refractivity contribution in [3.05, 3.63) is 100 Å². The molecule has 3 aromatic carbocycles. The van der Waals surface area contributed by atoms with Gasteiger partial charge in [-0.25, -0.2) is 31.6 Å². The minimum atomic E-state index is -4.61. The number of nitrogens with one attached hydrogen (secondary N) is 1. The molecule has 0 bridgehead atoms. The van der Waals surface area contributed by atoms with Crippen LogP contribution in [0.2, 0.25) is 0 Å². The lowest BCUT2D eigenvalue weighted by molar-refractivity contribution is -0.141. The van der Waals surface area contributed by atoms with Crippen molar-refractivity contribution in [1.29, 1.82) is 0 Å². The number of aromatic nitrogens is 6. The Morgan fingerprint density at radius 2 is 1.51 bits per heavy atom. The van der Waals surface area contributed by atoms with Gasteiger partial charge in [0.1, 0.15) is 17.1 Å². The molecule has 0 amide bonds. The van der Waals surface area contributed by atoms with E-state index in [-0.39, 0.29) is 32.6 Å². The Morgan fingerprint density at radius 3 is 2.10 bits per heavy atom. The van der Waals surface area contributed by atoms with Gasteiger partial charge in [0.15, 0.2) is 11.2 Å². The molecule has 59 heavy (non-hydrogen) atoms. The number of hydrogen-bond donors (Lipinski definition) is 2. The van der Waals surface area contributed by atoms with E-state index in [1.54, 1.807) is 49.5 Å². The summed E-state index contributed by atoms with van der Waals surface area (Å²) in [6, 6.07) is 17.8. The van der Waals surface area contributed by atoms with E-state index in [1.165, 1.54) is 33.3 Å². The van der Waals surface area contributed by atoms with Gasteiger partial charge < -0.3 is 14.6 Å². The Bertz CT molecular complexity index is 2740. The highest BCUT2D eigenvalue weighted by molar-refractivity contribution is 7.89. The molecule has 0 radical (unpaired) electrons. The van der Waals surface area contributed by atoms with Crippen LogP contribution < -0.4 is 15.4 Å². The van der Waals surface area contributed by atoms with E-state index in [9.17, 15) is 34.8 Å². The maximum Gasteiger partial charge on any atom is 0.435 e. The van der Waals surface area contributed by atoms with E-state index in [0.717, 1.165) is 28.4 Å². The third-order valence-corrected chi connectivity index (χ3v) is 12.4. The smallest absolute Gasteiger partial charge is 0.435 e. The molecule has 20 heteroatoms. The number of nitrogens with zero attached hydrogens (tertiary/aromatic N) is 7. The van der Waals surface area contributed by atoms with Gasteiger partial charge in [0.2, 0.25) is 20.0 Å². The number of piperazine rings is 1. The number of ether oxygens (including phenoxy) is 1. The van der Waals surface area contributed by atoms with Gasteiger partial charge in [-0.1, -0.05) is 43.2 Å². The Kier molecular flexibility index (Phi) is 12.5. The molecule has 314 valence electrons. The van der Waals surface area contributed by atoms with E-state index >= 15 is 0 Å². The molecule has 15 nitrogen and oxygen atoms in total. The van der Waals surface area contributed by atoms with Crippen molar-refractivity contribution in [2.24, 2.45) is 12.2 Å². The fourth-order valence-corrected chi connectivity index (χ4v) is 8.48. The topological polar surface area (TPSA) is 191 Å². The van der Waals surface area contributed by atoms with E-state index in [2.05, 4.69) is 20.1 Å². The number of nitrogens with two attached hydrogens (primary N) is 1. The molecule has 0 spiro atoms. The molecule has 0 unspecified atom stereocenters. The molecule has 7 rings (SSSR count). The first-order chi connectivity index (χ1) is 27.8. The maximum absolute atomic E-state index is 13.3. The number of benzene rings is 3. The lowest BCUT2D eigenvalue weighted by Crippen LogP contribution is -2.47. The summed E-state index contributed by atoms with van der Waals surface area (Å²) in [5, 5.41) is 13.2. The first kappa shape index (κ1) is 43.2. The zero-order valence-corrected chi connectivity index (χ0v) is 34.6. The van der Waals surface area contributed by atoms with Crippen molar-refractivity contribution in [2.45, 2.75) is 49.6 Å². The van der Waals surface area contributed by atoms with Crippen LogP contribution in [0.3, 0.4) is 0 Å². The number of primary sulfonamides is 1. The monoisotopic (exact) mass is 855 g/mol. The molecule has 0 aliphatic carbocycles. The van der Waals surface area contributed by atoms with Gasteiger partial charge in [-0.3, -0.25) is 9.48 Å². The molecule has 6 aromatic rings. The average molecular weight is 856 g/mol. The standard InChI is InChI=1S/C22H30N6O4S.C17H14F3N3O2S/c1-5-7-17-19-20(27(4)25-17)22(29)24-21(23-19)16-14-15(8-9-18(16)32-6-2)33(30,31)28-12-10-26(3)11-13-28;1-11-2-4-12(5-3-11)15-10-16(17(18,19)20)22-23(15)13-6-8-14(9-7-13)26(21,24)25/h8-9,14H,5-7,10-13H2,1-4H3,(H,23,24,29);2-10H,1H3,(H2,21,24,25). The van der Waals surface area contributed by atoms with E-state index in [0.29, 0.717) is 67.1 Å². The summed E-state index contributed by atoms with van der Waals surface area (Å²) in [5.74, 6) is 0.718. The third-order valence-electron chi connectivity index (χ3n) is 9.61. The Labute approximate surface area is 339 Å². The fraction of sp³-hybridized carbons (Fsp3) is 0.333. The first-order valence-electron chi connectivity index (χ1n) is 18.6. The van der Waals surface area contributed by atoms with Crippen LogP contribution >= 0.6 is 0 Å². The van der Waals surface area contributed by atoms with Gasteiger partial charge in [-0.2, -0.15) is 27.7 Å². The summed E-state index contributed by atoms with van der Waals surface area (Å²) < 4.78 is 98.6. The lowest BCUT2D eigenvalue weighted by Gasteiger charge is -2.31. The summed E-state index contributed by atoms with van der Waals surface area (Å²) in [6.45, 7) is 8.35. The summed E-state index contributed by atoms with van der Waals surface area (Å²) in [7, 11) is -3.90. The van der Waals surface area contributed by atoms with Crippen LogP contribution in [0.25, 0.3) is 39.4 Å². The normalized spacial score (nSPS) is 14.3. The zero-order chi connectivity index (χ0) is 42.9. The number of H-pyrrole nitrogens is 1. The van der Waals surface area contributed by atoms with Crippen LogP contribution in [0.15, 0.2) is 87.4 Å². The van der Waals surface area contributed by atoms with Crippen molar-refractivity contribution < 1.29 is 34.7 Å². The van der Waals surface area contributed by atoms with E-state index < -0.39 is 31.9 Å². The number of sulfonamides is 2. The number of fused-ring (bicyclic) bond motifs is 1. The van der Waals surface area contributed by atoms with Crippen molar-refractivity contribution in [3.63, 3.8) is 0 Å². The highest BCUT2D eigenvalue weighted by Gasteiger charge is 2.35. The maximum atomic E-state index is 13.3. The molecule has 3 aromatic heterocycles. The number of likely N-dealkylation sites (N-methyl/N-ethyl adjacent to an activating group) is 1. The number of hydrogen-bond acceptors (Lipinski definition) is 10. The van der Waals surface area contributed by atoms with Crippen molar-refractivity contribution >= 4 is 31.1 Å². The summed E-state index contributed by atoms with van der Waals surface area (Å²) in [4.78, 5) is 22.5. The number of aryl methyl sites for hydroxylation is 3. The highest BCUT2D eigenvalue weighted by atomic mass is 32.2. The van der Waals surface area contributed by atoms with Gasteiger partial charge in [-0.15, -0.1) is 0 Å². The second kappa shape index (κ2) is 17.1. The van der Waals surface area contributed by atoms with Crippen LogP contribution in [-0.2, 0) is 39.7 Å². The molecule has 0 atom stereocenters. The van der Waals surface area contributed by atoms with Crippen LogP contribution in [-0.4, -0.2) is 95.4 Å². The predicted molar refractivity (Wildman–Crippen MR) is 216 cm³/mol. The molecule has 0 saturated carbocycles. The minimum Gasteiger partial charge on any atom is -0.493 e. The summed E-state index contributed by atoms with van der Waals surface area (Å²) >= 11 is 0. The number of alkyl halides is 3. The van der Waals surface area contributed by atoms with Gasteiger partial charge in [0.25, 0.3) is 5.56 Å². The van der Waals surface area contributed by atoms with Crippen LogP contribution in [0.4, 0.5) is 13.2 Å². The third kappa shape index (κ3) is 9.41. The molecule has 1 saturated heterocycles. The molecular weight excluding hydrogens is 812 g/mol. The lowest BCUT2D eigenvalue weighted by atomic mass is 10.1. The average Bonchev–Trinajstić information content (AvgIpc) is 3.78. The van der Waals surface area contributed by atoms with Crippen LogP contribution in [0, 0.1) is 6.92 Å². The molecule has 1 fully saturated rings. The van der Waals surface area contributed by atoms with Crippen LogP contribution in [0.5, 0.6) is 5.75 Å². The number of aromatic amines is 1. The molecule has 1 aliphatic heterocycles. The Balaban J connectivity index is 0.000000204. The van der Waals surface area contributed by atoms with Crippen molar-refractivity contribution in [2.75, 3.05) is 39.8 Å². The second-order valence-electron chi connectivity index (χ2n) is 14.0. The predicted octanol–water partition coefficient (Wildman–Crippen LogP) is 5.12. The number of halogens is 3. The summed E-state index contributed by atoms with van der Waals surface area (Å²) in [5.41, 5.74) is 2.74. The largest absolute Gasteiger partial charge is 0.493 e. The molecule has 1 aliphatic rings. The Morgan fingerprint density at radius 1 is 0.864 bits per heavy atom. The first-order valence-corrected chi connectivity index (χ1v) is 21.6. The van der Waals surface area contributed by atoms with E-state index in [4.69, 9.17) is 14.9 Å². The zero-order valence-electron chi connectivity index (χ0n) is 33.0. The van der Waals surface area contributed by atoms with Gasteiger partial charge in [-0.05, 0) is 75.8 Å².